The molecular formula is C64H54O4S2. The highest BCUT2D eigenvalue weighted by Gasteiger charge is 2.25. The molecule has 11 aromatic rings. The van der Waals surface area contributed by atoms with E-state index in [1.54, 1.807) is 28.4 Å². The van der Waals surface area contributed by atoms with Crippen molar-refractivity contribution < 1.29 is 18.9 Å². The van der Waals surface area contributed by atoms with Crippen LogP contribution in [0.2, 0.25) is 0 Å². The van der Waals surface area contributed by atoms with Gasteiger partial charge in [0, 0.05) is 40.3 Å². The first-order valence-corrected chi connectivity index (χ1v) is 25.3. The fourth-order valence-electron chi connectivity index (χ4n) is 11.6. The summed E-state index contributed by atoms with van der Waals surface area (Å²) in [6.07, 6.45) is 0. The molecule has 346 valence electrons. The van der Waals surface area contributed by atoms with Gasteiger partial charge in [-0.25, -0.2) is 0 Å². The molecule has 4 nitrogen and oxygen atoms in total. The fraction of sp³-hybridized carbons (Fsp3) is 0.156. The minimum absolute atomic E-state index is 0.688. The van der Waals surface area contributed by atoms with Gasteiger partial charge in [0.15, 0.2) is 23.0 Å². The Balaban J connectivity index is 1.12. The number of thiophene rings is 2. The van der Waals surface area contributed by atoms with Gasteiger partial charge in [-0.1, -0.05) is 97.1 Å². The normalized spacial score (nSPS) is 11.6. The fourth-order valence-corrected chi connectivity index (χ4v) is 13.9. The van der Waals surface area contributed by atoms with Crippen LogP contribution < -0.4 is 18.9 Å². The highest BCUT2D eigenvalue weighted by Crippen LogP contribution is 2.50. The first-order chi connectivity index (χ1) is 34.0. The Bertz CT molecular complexity index is 3670. The second-order valence-electron chi connectivity index (χ2n) is 18.3. The summed E-state index contributed by atoms with van der Waals surface area (Å²) in [6, 6.07) is 53.4. The number of hydrogen-bond donors (Lipinski definition) is 0. The zero-order chi connectivity index (χ0) is 48.5. The Morgan fingerprint density at radius 2 is 0.529 bits per heavy atom. The van der Waals surface area contributed by atoms with Crippen molar-refractivity contribution in [3.05, 3.63) is 179 Å². The highest BCUT2D eigenvalue weighted by molar-refractivity contribution is 7.26. The van der Waals surface area contributed by atoms with E-state index in [4.69, 9.17) is 18.9 Å². The molecule has 2 aromatic heterocycles. The van der Waals surface area contributed by atoms with Crippen molar-refractivity contribution in [3.8, 4) is 89.8 Å². The van der Waals surface area contributed by atoms with Gasteiger partial charge in [0.05, 0.1) is 28.4 Å². The monoisotopic (exact) mass is 950 g/mol. The number of methoxy groups -OCH3 is 4. The van der Waals surface area contributed by atoms with E-state index in [9.17, 15) is 0 Å². The van der Waals surface area contributed by atoms with Crippen molar-refractivity contribution in [2.24, 2.45) is 0 Å². The molecule has 0 aliphatic rings. The van der Waals surface area contributed by atoms with E-state index in [0.717, 1.165) is 27.8 Å². The van der Waals surface area contributed by atoms with Crippen LogP contribution in [-0.2, 0) is 0 Å². The van der Waals surface area contributed by atoms with E-state index >= 15 is 0 Å². The summed E-state index contributed by atoms with van der Waals surface area (Å²) in [6.45, 7) is 13.7. The molecule has 0 aliphatic heterocycles. The minimum atomic E-state index is 0.688. The first kappa shape index (κ1) is 45.1. The Hall–Kier alpha value is -7.38. The van der Waals surface area contributed by atoms with Crippen LogP contribution in [0.25, 0.3) is 107 Å². The van der Waals surface area contributed by atoms with E-state index in [-0.39, 0.29) is 0 Å². The van der Waals surface area contributed by atoms with Gasteiger partial charge in [0.25, 0.3) is 0 Å². The summed E-state index contributed by atoms with van der Waals surface area (Å²) in [4.78, 5) is 0. The van der Waals surface area contributed by atoms with Crippen molar-refractivity contribution >= 4 is 63.0 Å². The van der Waals surface area contributed by atoms with Crippen LogP contribution in [0.5, 0.6) is 23.0 Å². The lowest BCUT2D eigenvalue weighted by Gasteiger charge is -2.25. The van der Waals surface area contributed by atoms with Crippen molar-refractivity contribution in [1.82, 2.24) is 0 Å². The number of fused-ring (bicyclic) bond motifs is 6. The Morgan fingerprint density at radius 1 is 0.257 bits per heavy atom. The average Bonchev–Trinajstić information content (AvgIpc) is 3.94. The molecule has 0 aliphatic carbocycles. The quantitative estimate of drug-likeness (QED) is 0.137. The van der Waals surface area contributed by atoms with Gasteiger partial charge >= 0.3 is 0 Å². The topological polar surface area (TPSA) is 36.9 Å². The van der Waals surface area contributed by atoms with E-state index < -0.39 is 0 Å². The van der Waals surface area contributed by atoms with Crippen LogP contribution in [0, 0.1) is 41.5 Å². The maximum Gasteiger partial charge on any atom is 0.161 e. The molecule has 9 aromatic carbocycles. The molecule has 0 bridgehead atoms. The van der Waals surface area contributed by atoms with Gasteiger partial charge in [-0.15, -0.1) is 22.7 Å². The third kappa shape index (κ3) is 7.23. The molecule has 0 amide bonds. The van der Waals surface area contributed by atoms with Crippen LogP contribution in [0.15, 0.2) is 146 Å². The van der Waals surface area contributed by atoms with Crippen LogP contribution in [0.4, 0.5) is 0 Å². The highest BCUT2D eigenvalue weighted by atomic mass is 32.1. The van der Waals surface area contributed by atoms with Crippen molar-refractivity contribution in [1.29, 1.82) is 0 Å². The molecule has 70 heavy (non-hydrogen) atoms. The zero-order valence-electron chi connectivity index (χ0n) is 41.3. The standard InChI is InChI=1S/C64H54O4S2/c1-35-59(36(2)62(44-26-30-52(66-8)54(32-44)68-10)39(5)61(35)43-25-29-51(65-7)53(31-43)67-9)41-19-21-42(22-20-41)60-37(3)63(45-23-27-49-47-15-11-13-17-55(47)69-57(49)33-45)40(6)64(38(60)4)46-24-28-50-48-16-12-14-18-56(48)70-58(50)34-46/h11-34H,1-10H3. The number of ether oxygens (including phenoxy) is 4. The summed E-state index contributed by atoms with van der Waals surface area (Å²) >= 11 is 3.75. The van der Waals surface area contributed by atoms with E-state index in [1.807, 2.05) is 34.8 Å². The third-order valence-electron chi connectivity index (χ3n) is 14.6. The van der Waals surface area contributed by atoms with Gasteiger partial charge in [-0.2, -0.15) is 0 Å². The molecule has 6 heteroatoms. The lowest BCUT2D eigenvalue weighted by Crippen LogP contribution is -2.02. The van der Waals surface area contributed by atoms with E-state index in [2.05, 4.69) is 175 Å². The average molecular weight is 951 g/mol. The lowest BCUT2D eigenvalue weighted by molar-refractivity contribution is 0.355. The molecule has 0 fully saturated rings. The number of benzene rings is 9. The van der Waals surface area contributed by atoms with Crippen LogP contribution in [0.3, 0.4) is 0 Å². The lowest BCUT2D eigenvalue weighted by atomic mass is 9.79. The number of rotatable bonds is 10. The minimum Gasteiger partial charge on any atom is -0.493 e. The van der Waals surface area contributed by atoms with Gasteiger partial charge in [0.2, 0.25) is 0 Å². The Morgan fingerprint density at radius 3 is 0.871 bits per heavy atom. The molecule has 0 atom stereocenters. The van der Waals surface area contributed by atoms with Crippen molar-refractivity contribution in [2.45, 2.75) is 41.5 Å². The molecule has 0 unspecified atom stereocenters. The van der Waals surface area contributed by atoms with Gasteiger partial charge < -0.3 is 18.9 Å². The van der Waals surface area contributed by atoms with Gasteiger partial charge in [0.1, 0.15) is 0 Å². The molecule has 2 heterocycles. The second kappa shape index (κ2) is 17.9. The summed E-state index contributed by atoms with van der Waals surface area (Å²) in [7, 11) is 6.73. The van der Waals surface area contributed by atoms with Crippen LogP contribution >= 0.6 is 22.7 Å². The summed E-state index contributed by atoms with van der Waals surface area (Å²) in [5, 5.41) is 5.25. The molecule has 0 N–H and O–H groups in total. The van der Waals surface area contributed by atoms with E-state index in [1.165, 1.54) is 113 Å². The zero-order valence-corrected chi connectivity index (χ0v) is 42.9. The molecule has 0 spiro atoms. The van der Waals surface area contributed by atoms with E-state index in [0.29, 0.717) is 23.0 Å². The predicted octanol–water partition coefficient (Wildman–Crippen LogP) is 18.3. The van der Waals surface area contributed by atoms with Crippen molar-refractivity contribution in [2.75, 3.05) is 28.4 Å². The summed E-state index contributed by atoms with van der Waals surface area (Å²) < 4.78 is 28.3. The first-order valence-electron chi connectivity index (χ1n) is 23.7. The molecule has 0 radical (unpaired) electrons. The Labute approximate surface area is 418 Å². The third-order valence-corrected chi connectivity index (χ3v) is 16.9. The smallest absolute Gasteiger partial charge is 0.161 e. The SMILES string of the molecule is COc1ccc(-c2c(C)c(-c3ccc(-c4c(C)c(-c5ccc6c(c5)sc5ccccc56)c(C)c(-c5ccc6c(c5)sc5ccccc56)c4C)cc3)c(C)c(-c3ccc(OC)c(OC)c3)c2C)cc1OC. The maximum atomic E-state index is 5.85. The summed E-state index contributed by atoms with van der Waals surface area (Å²) in [5.74, 6) is 2.76. The summed E-state index contributed by atoms with van der Waals surface area (Å²) in [5.41, 5.74) is 21.7. The molecule has 0 saturated carbocycles. The number of hydrogen-bond acceptors (Lipinski definition) is 6. The molecule has 11 rings (SSSR count). The van der Waals surface area contributed by atoms with Crippen molar-refractivity contribution in [3.63, 3.8) is 0 Å². The Kier molecular flexibility index (Phi) is 11.5. The largest absolute Gasteiger partial charge is 0.493 e. The van der Waals surface area contributed by atoms with Gasteiger partial charge in [-0.3, -0.25) is 0 Å². The second-order valence-corrected chi connectivity index (χ2v) is 20.5. The molecular weight excluding hydrogens is 897 g/mol. The maximum absolute atomic E-state index is 5.85. The van der Waals surface area contributed by atoms with Gasteiger partial charge in [-0.05, 0) is 190 Å². The van der Waals surface area contributed by atoms with Crippen LogP contribution in [0.1, 0.15) is 33.4 Å². The van der Waals surface area contributed by atoms with Crippen LogP contribution in [-0.4, -0.2) is 28.4 Å². The predicted molar refractivity (Wildman–Crippen MR) is 299 cm³/mol. The molecule has 0 saturated heterocycles.